The zero-order valence-electron chi connectivity index (χ0n) is 18.6. The molecule has 1 atom stereocenters. The van der Waals surface area contributed by atoms with Crippen molar-refractivity contribution in [1.29, 1.82) is 0 Å². The Kier molecular flexibility index (Phi) is 7.53. The molecular weight excluding hydrogens is 482 g/mol. The van der Waals surface area contributed by atoms with E-state index in [9.17, 15) is 17.7 Å². The molecule has 1 unspecified atom stereocenters. The first-order valence-electron chi connectivity index (χ1n) is 10.8. The summed E-state index contributed by atoms with van der Waals surface area (Å²) < 4.78 is 67.7. The first-order valence-corrected chi connectivity index (χ1v) is 13.2. The van der Waals surface area contributed by atoms with Gasteiger partial charge in [0.2, 0.25) is 5.95 Å². The van der Waals surface area contributed by atoms with Crippen molar-refractivity contribution in [3.63, 3.8) is 0 Å². The number of nitrogens with zero attached hydrogens (tertiary/aromatic N) is 1. The van der Waals surface area contributed by atoms with E-state index in [1.54, 1.807) is 19.9 Å². The van der Waals surface area contributed by atoms with Gasteiger partial charge in [-0.3, -0.25) is 4.57 Å². The van der Waals surface area contributed by atoms with Crippen molar-refractivity contribution in [2.24, 2.45) is 0 Å². The number of hydrogen-bond acceptors (Lipinski definition) is 5. The van der Waals surface area contributed by atoms with Crippen LogP contribution in [0.1, 0.15) is 29.9 Å². The van der Waals surface area contributed by atoms with Gasteiger partial charge < -0.3 is 9.05 Å². The molecule has 0 bridgehead atoms. The second-order valence-corrected chi connectivity index (χ2v) is 10.9. The largest absolute Gasteiger partial charge is 0.339 e. The Bertz CT molecular complexity index is 1330. The molecule has 0 spiro atoms. The van der Waals surface area contributed by atoms with Crippen LogP contribution in [-0.4, -0.2) is 18.2 Å². The van der Waals surface area contributed by atoms with Crippen LogP contribution in [0.25, 0.3) is 21.2 Å². The molecule has 0 fully saturated rings. The molecule has 2 aromatic heterocycles. The van der Waals surface area contributed by atoms with E-state index < -0.39 is 30.8 Å². The van der Waals surface area contributed by atoms with Crippen molar-refractivity contribution in [2.45, 2.75) is 25.9 Å². The second kappa shape index (κ2) is 10.4. The highest BCUT2D eigenvalue weighted by Crippen LogP contribution is 2.65. The molecule has 9 heteroatoms. The van der Waals surface area contributed by atoms with E-state index in [0.717, 1.165) is 27.8 Å². The molecule has 2 aromatic carbocycles. The van der Waals surface area contributed by atoms with Crippen molar-refractivity contribution >= 4 is 29.0 Å². The van der Waals surface area contributed by atoms with Gasteiger partial charge in [0.15, 0.2) is 11.6 Å². The van der Waals surface area contributed by atoms with E-state index in [2.05, 4.69) is 4.98 Å². The predicted octanol–water partition coefficient (Wildman–Crippen LogP) is 7.93. The van der Waals surface area contributed by atoms with Crippen molar-refractivity contribution in [3.8, 4) is 11.1 Å². The molecule has 0 aliphatic heterocycles. The minimum Gasteiger partial charge on any atom is -0.308 e. The molecule has 178 valence electrons. The molecule has 2 heterocycles. The SMILES string of the molecule is CCOP(=O)(OCC)C(Cc1ccc(F)c(F)c1)c1sc2ccccc2c1-c1ccc(F)nc1. The minimum atomic E-state index is -3.76. The van der Waals surface area contributed by atoms with Crippen LogP contribution in [0.2, 0.25) is 0 Å². The zero-order valence-corrected chi connectivity index (χ0v) is 20.3. The average Bonchev–Trinajstić information content (AvgIpc) is 3.19. The van der Waals surface area contributed by atoms with Gasteiger partial charge in [0.25, 0.3) is 0 Å². The van der Waals surface area contributed by atoms with Gasteiger partial charge in [-0.1, -0.05) is 24.3 Å². The van der Waals surface area contributed by atoms with E-state index in [1.165, 1.54) is 29.7 Å². The number of rotatable bonds is 9. The maximum atomic E-state index is 14.1. The number of aromatic nitrogens is 1. The summed E-state index contributed by atoms with van der Waals surface area (Å²) in [5.74, 6) is -2.56. The molecule has 34 heavy (non-hydrogen) atoms. The van der Waals surface area contributed by atoms with Crippen LogP contribution < -0.4 is 0 Å². The number of fused-ring (bicyclic) bond motifs is 1. The van der Waals surface area contributed by atoms with E-state index >= 15 is 0 Å². The highest BCUT2D eigenvalue weighted by molar-refractivity contribution is 7.54. The summed E-state index contributed by atoms with van der Waals surface area (Å²) in [5.41, 5.74) is 1.02. The van der Waals surface area contributed by atoms with E-state index in [0.29, 0.717) is 16.0 Å². The van der Waals surface area contributed by atoms with Crippen molar-refractivity contribution < 1.29 is 26.8 Å². The topological polar surface area (TPSA) is 48.4 Å². The van der Waals surface area contributed by atoms with Crippen LogP contribution in [0.15, 0.2) is 60.8 Å². The standard InChI is InChI=1S/C25H23F3NO3PS/c1-3-31-33(30,32-4-2)21(14-16-9-11-19(26)20(27)13-16)25-24(17-10-12-23(28)29-15-17)18-7-5-6-8-22(18)34-25/h5-13,15,21H,3-4,14H2,1-2H3. The maximum absolute atomic E-state index is 14.1. The number of benzene rings is 2. The van der Waals surface area contributed by atoms with Crippen LogP contribution in [0.5, 0.6) is 0 Å². The van der Waals surface area contributed by atoms with Gasteiger partial charge in [-0.05, 0) is 56.2 Å². The quantitative estimate of drug-likeness (QED) is 0.171. The molecule has 0 saturated heterocycles. The molecule has 0 saturated carbocycles. The lowest BCUT2D eigenvalue weighted by Crippen LogP contribution is -2.10. The van der Waals surface area contributed by atoms with Crippen LogP contribution in [0.4, 0.5) is 13.2 Å². The monoisotopic (exact) mass is 505 g/mol. The average molecular weight is 505 g/mol. The second-order valence-electron chi connectivity index (χ2n) is 7.55. The number of halogens is 3. The van der Waals surface area contributed by atoms with E-state index in [1.807, 2.05) is 24.3 Å². The summed E-state index contributed by atoms with van der Waals surface area (Å²) in [6.45, 7) is 3.72. The molecule has 0 N–H and O–H groups in total. The molecule has 0 amide bonds. The third-order valence-corrected chi connectivity index (χ3v) is 9.25. The van der Waals surface area contributed by atoms with Gasteiger partial charge in [-0.25, -0.2) is 13.8 Å². The fourth-order valence-corrected chi connectivity index (χ4v) is 7.70. The Morgan fingerprint density at radius 3 is 2.35 bits per heavy atom. The summed E-state index contributed by atoms with van der Waals surface area (Å²) >= 11 is 1.41. The predicted molar refractivity (Wildman–Crippen MR) is 129 cm³/mol. The lowest BCUT2D eigenvalue weighted by atomic mass is 10.00. The van der Waals surface area contributed by atoms with Gasteiger partial charge in [0.05, 0.1) is 13.2 Å². The van der Waals surface area contributed by atoms with Gasteiger partial charge in [-0.2, -0.15) is 4.39 Å². The zero-order chi connectivity index (χ0) is 24.3. The Morgan fingerprint density at radius 1 is 0.971 bits per heavy atom. The summed E-state index contributed by atoms with van der Waals surface area (Å²) in [5, 5.41) is 0.880. The summed E-state index contributed by atoms with van der Waals surface area (Å²) in [6, 6.07) is 14.1. The Morgan fingerprint density at radius 2 is 1.71 bits per heavy atom. The molecule has 0 radical (unpaired) electrons. The maximum Gasteiger partial charge on any atom is 0.339 e. The molecule has 0 aliphatic rings. The highest BCUT2D eigenvalue weighted by atomic mass is 32.1. The fourth-order valence-electron chi connectivity index (χ4n) is 3.94. The van der Waals surface area contributed by atoms with Crippen molar-refractivity contribution in [3.05, 3.63) is 88.8 Å². The van der Waals surface area contributed by atoms with Gasteiger partial charge in [-0.15, -0.1) is 11.3 Å². The van der Waals surface area contributed by atoms with Crippen LogP contribution in [0, 0.1) is 17.6 Å². The Labute approximate surface area is 199 Å². The van der Waals surface area contributed by atoms with Crippen LogP contribution in [-0.2, 0) is 20.0 Å². The smallest absolute Gasteiger partial charge is 0.308 e. The fraction of sp³-hybridized carbons (Fsp3) is 0.240. The van der Waals surface area contributed by atoms with E-state index in [-0.39, 0.29) is 19.6 Å². The molecule has 0 aliphatic carbocycles. The van der Waals surface area contributed by atoms with Crippen molar-refractivity contribution in [1.82, 2.24) is 4.98 Å². The van der Waals surface area contributed by atoms with Gasteiger partial charge >= 0.3 is 7.60 Å². The number of thiophene rings is 1. The summed E-state index contributed by atoms with van der Waals surface area (Å²) in [7, 11) is -3.76. The van der Waals surface area contributed by atoms with Crippen LogP contribution >= 0.6 is 18.9 Å². The van der Waals surface area contributed by atoms with Gasteiger partial charge in [0, 0.05) is 32.3 Å². The lowest BCUT2D eigenvalue weighted by molar-refractivity contribution is 0.212. The first kappa shape index (κ1) is 24.6. The highest BCUT2D eigenvalue weighted by Gasteiger charge is 2.40. The van der Waals surface area contributed by atoms with E-state index in [4.69, 9.17) is 9.05 Å². The number of pyridine rings is 1. The summed E-state index contributed by atoms with van der Waals surface area (Å²) in [6.07, 6.45) is 1.51. The molecular formula is C25H23F3NO3PS. The molecule has 4 aromatic rings. The molecule has 4 nitrogen and oxygen atoms in total. The molecule has 4 rings (SSSR count). The lowest BCUT2D eigenvalue weighted by Gasteiger charge is -2.27. The van der Waals surface area contributed by atoms with Gasteiger partial charge in [0.1, 0.15) is 5.66 Å². The van der Waals surface area contributed by atoms with Crippen LogP contribution in [0.3, 0.4) is 0 Å². The first-order chi connectivity index (χ1) is 16.4. The third kappa shape index (κ3) is 4.96. The third-order valence-electron chi connectivity index (χ3n) is 5.35. The normalized spacial score (nSPS) is 12.9. The minimum absolute atomic E-state index is 0.0862. The number of hydrogen-bond donors (Lipinski definition) is 0. The Balaban J connectivity index is 1.96. The van der Waals surface area contributed by atoms with Crippen molar-refractivity contribution in [2.75, 3.05) is 13.2 Å². The Hall–Kier alpha value is -2.51. The summed E-state index contributed by atoms with van der Waals surface area (Å²) in [4.78, 5) is 4.48.